The first-order valence-corrected chi connectivity index (χ1v) is 12.6. The van der Waals surface area contributed by atoms with E-state index in [9.17, 15) is 13.2 Å². The third-order valence-corrected chi connectivity index (χ3v) is 7.69. The monoisotopic (exact) mass is 471 g/mol. The van der Waals surface area contributed by atoms with E-state index in [0.29, 0.717) is 38.5 Å². The van der Waals surface area contributed by atoms with Crippen LogP contribution in [0.2, 0.25) is 0 Å². The number of rotatable bonds is 8. The third kappa shape index (κ3) is 5.23. The van der Waals surface area contributed by atoms with E-state index in [1.165, 1.54) is 4.31 Å². The number of morpholine rings is 1. The van der Waals surface area contributed by atoms with Gasteiger partial charge >= 0.3 is 0 Å². The van der Waals surface area contributed by atoms with Crippen molar-refractivity contribution in [3.8, 4) is 0 Å². The summed E-state index contributed by atoms with van der Waals surface area (Å²) < 4.78 is 34.1. The minimum absolute atomic E-state index is 0.0913. The van der Waals surface area contributed by atoms with Gasteiger partial charge in [-0.15, -0.1) is 10.2 Å². The standard InChI is InChI=1S/C23H29N5O4S/c1-17(2)22(23-26-25-20-5-3-4-12-28(20)23)24-21(29)11-8-18-6-9-19(10-7-18)33(30,31)27-13-15-32-16-14-27/h3-7,9-10,12,17,22H,8,11,13-16H2,1-2H3,(H,24,29)/t22-/m1/s1. The lowest BCUT2D eigenvalue weighted by atomic mass is 10.0. The first-order valence-electron chi connectivity index (χ1n) is 11.1. The van der Waals surface area contributed by atoms with Crippen molar-refractivity contribution >= 4 is 21.6 Å². The fourth-order valence-electron chi connectivity index (χ4n) is 3.87. The van der Waals surface area contributed by atoms with E-state index in [1.807, 2.05) is 42.6 Å². The van der Waals surface area contributed by atoms with Gasteiger partial charge in [-0.1, -0.05) is 32.0 Å². The molecule has 0 saturated carbocycles. The van der Waals surface area contributed by atoms with Crippen LogP contribution in [-0.2, 0) is 26.0 Å². The predicted molar refractivity (Wildman–Crippen MR) is 123 cm³/mol. The molecule has 9 nitrogen and oxygen atoms in total. The molecule has 176 valence electrons. The van der Waals surface area contributed by atoms with Crippen LogP contribution in [0.15, 0.2) is 53.6 Å². The van der Waals surface area contributed by atoms with Crippen molar-refractivity contribution in [2.45, 2.75) is 37.6 Å². The molecule has 3 heterocycles. The molecule has 1 saturated heterocycles. The Labute approximate surface area is 193 Å². The second-order valence-electron chi connectivity index (χ2n) is 8.44. The summed E-state index contributed by atoms with van der Waals surface area (Å²) in [4.78, 5) is 13.0. The number of carbonyl (C=O) groups excluding carboxylic acids is 1. The second-order valence-corrected chi connectivity index (χ2v) is 10.4. The van der Waals surface area contributed by atoms with Gasteiger partial charge in [0.2, 0.25) is 15.9 Å². The first-order chi connectivity index (χ1) is 15.9. The highest BCUT2D eigenvalue weighted by atomic mass is 32.2. The summed E-state index contributed by atoms with van der Waals surface area (Å²) in [7, 11) is -3.52. The molecule has 1 amide bonds. The molecule has 2 aromatic heterocycles. The second kappa shape index (κ2) is 9.98. The van der Waals surface area contributed by atoms with Crippen LogP contribution in [-0.4, -0.2) is 59.5 Å². The fourth-order valence-corrected chi connectivity index (χ4v) is 5.28. The maximum atomic E-state index is 12.7. The van der Waals surface area contributed by atoms with Crippen molar-refractivity contribution in [3.63, 3.8) is 0 Å². The van der Waals surface area contributed by atoms with Crippen molar-refractivity contribution < 1.29 is 17.9 Å². The minimum Gasteiger partial charge on any atom is -0.379 e. The quantitative estimate of drug-likeness (QED) is 0.540. The molecular weight excluding hydrogens is 442 g/mol. The van der Waals surface area contributed by atoms with Crippen LogP contribution in [0.25, 0.3) is 5.65 Å². The number of hydrogen-bond donors (Lipinski definition) is 1. The molecule has 3 aromatic rings. The van der Waals surface area contributed by atoms with E-state index in [4.69, 9.17) is 4.74 Å². The Hall–Kier alpha value is -2.82. The van der Waals surface area contributed by atoms with Crippen molar-refractivity contribution in [1.29, 1.82) is 0 Å². The lowest BCUT2D eigenvalue weighted by Crippen LogP contribution is -2.40. The Morgan fingerprint density at radius 2 is 1.82 bits per heavy atom. The summed E-state index contributed by atoms with van der Waals surface area (Å²) in [5.41, 5.74) is 1.64. The van der Waals surface area contributed by atoms with E-state index in [0.717, 1.165) is 11.2 Å². The highest BCUT2D eigenvalue weighted by molar-refractivity contribution is 7.89. The molecule has 1 fully saturated rings. The van der Waals surface area contributed by atoms with Gasteiger partial charge in [-0.3, -0.25) is 9.20 Å². The Morgan fingerprint density at radius 3 is 2.52 bits per heavy atom. The average molecular weight is 472 g/mol. The van der Waals surface area contributed by atoms with E-state index >= 15 is 0 Å². The number of aryl methyl sites for hydroxylation is 1. The Kier molecular flexibility index (Phi) is 7.06. The molecule has 1 atom stereocenters. The van der Waals surface area contributed by atoms with Gasteiger partial charge in [0.15, 0.2) is 11.5 Å². The van der Waals surface area contributed by atoms with Crippen LogP contribution in [0.3, 0.4) is 0 Å². The van der Waals surface area contributed by atoms with Crippen LogP contribution >= 0.6 is 0 Å². The van der Waals surface area contributed by atoms with Gasteiger partial charge in [0.1, 0.15) is 0 Å². The molecule has 0 spiro atoms. The van der Waals surface area contributed by atoms with Crippen molar-refractivity contribution in [3.05, 3.63) is 60.0 Å². The number of hydrogen-bond acceptors (Lipinski definition) is 6. The molecule has 1 aliphatic heterocycles. The molecule has 0 unspecified atom stereocenters. The van der Waals surface area contributed by atoms with E-state index in [-0.39, 0.29) is 29.2 Å². The zero-order valence-electron chi connectivity index (χ0n) is 18.8. The van der Waals surface area contributed by atoms with Crippen molar-refractivity contribution in [1.82, 2.24) is 24.2 Å². The van der Waals surface area contributed by atoms with E-state index in [2.05, 4.69) is 15.5 Å². The zero-order valence-corrected chi connectivity index (χ0v) is 19.7. The van der Waals surface area contributed by atoms with Crippen LogP contribution < -0.4 is 5.32 Å². The Balaban J connectivity index is 1.38. The Bertz CT molecular complexity index is 1200. The fraction of sp³-hybridized carbons (Fsp3) is 0.435. The molecule has 0 bridgehead atoms. The van der Waals surface area contributed by atoms with Crippen LogP contribution in [0.4, 0.5) is 0 Å². The highest BCUT2D eigenvalue weighted by Gasteiger charge is 2.26. The van der Waals surface area contributed by atoms with Gasteiger partial charge < -0.3 is 10.1 Å². The molecule has 0 aliphatic carbocycles. The topological polar surface area (TPSA) is 106 Å². The lowest BCUT2D eigenvalue weighted by Gasteiger charge is -2.26. The molecule has 1 N–H and O–H groups in total. The molecule has 0 radical (unpaired) electrons. The summed E-state index contributed by atoms with van der Waals surface area (Å²) >= 11 is 0. The van der Waals surface area contributed by atoms with Crippen LogP contribution in [0.1, 0.15) is 37.7 Å². The largest absolute Gasteiger partial charge is 0.379 e. The minimum atomic E-state index is -3.52. The summed E-state index contributed by atoms with van der Waals surface area (Å²) in [6.45, 7) is 5.61. The van der Waals surface area contributed by atoms with E-state index < -0.39 is 10.0 Å². The summed E-state index contributed by atoms with van der Waals surface area (Å²) in [6, 6.07) is 12.2. The lowest BCUT2D eigenvalue weighted by molar-refractivity contribution is -0.122. The maximum Gasteiger partial charge on any atom is 0.243 e. The molecule has 1 aliphatic rings. The number of amides is 1. The Morgan fingerprint density at radius 1 is 1.09 bits per heavy atom. The number of fused-ring (bicyclic) bond motifs is 1. The number of carbonyl (C=O) groups is 1. The number of benzene rings is 1. The normalized spacial score (nSPS) is 16.2. The van der Waals surface area contributed by atoms with Gasteiger partial charge in [0.25, 0.3) is 0 Å². The zero-order chi connectivity index (χ0) is 23.4. The highest BCUT2D eigenvalue weighted by Crippen LogP contribution is 2.22. The van der Waals surface area contributed by atoms with E-state index in [1.54, 1.807) is 24.3 Å². The number of nitrogens with one attached hydrogen (secondary N) is 1. The van der Waals surface area contributed by atoms with Gasteiger partial charge in [0, 0.05) is 25.7 Å². The average Bonchev–Trinajstić information content (AvgIpc) is 3.26. The number of sulfonamides is 1. The van der Waals surface area contributed by atoms with Gasteiger partial charge in [-0.25, -0.2) is 8.42 Å². The van der Waals surface area contributed by atoms with Crippen molar-refractivity contribution in [2.75, 3.05) is 26.3 Å². The van der Waals surface area contributed by atoms with Crippen LogP contribution in [0, 0.1) is 5.92 Å². The smallest absolute Gasteiger partial charge is 0.243 e. The molecule has 1 aromatic carbocycles. The molecular formula is C23H29N5O4S. The van der Waals surface area contributed by atoms with Gasteiger partial charge in [-0.05, 0) is 42.2 Å². The SMILES string of the molecule is CC(C)[C@@H](NC(=O)CCc1ccc(S(=O)(=O)N2CCOCC2)cc1)c1nnc2ccccn12. The van der Waals surface area contributed by atoms with Crippen molar-refractivity contribution in [2.24, 2.45) is 5.92 Å². The summed E-state index contributed by atoms with van der Waals surface area (Å²) in [5.74, 6) is 0.740. The molecule has 10 heteroatoms. The maximum absolute atomic E-state index is 12.7. The molecule has 4 rings (SSSR count). The first kappa shape index (κ1) is 23.3. The predicted octanol–water partition coefficient (Wildman–Crippen LogP) is 2.20. The number of pyridine rings is 1. The number of aromatic nitrogens is 3. The van der Waals surface area contributed by atoms with Crippen LogP contribution in [0.5, 0.6) is 0 Å². The summed E-state index contributed by atoms with van der Waals surface area (Å²) in [6.07, 6.45) is 2.68. The molecule has 33 heavy (non-hydrogen) atoms. The van der Waals surface area contributed by atoms with Gasteiger partial charge in [0.05, 0.1) is 24.2 Å². The summed E-state index contributed by atoms with van der Waals surface area (Å²) in [5, 5.41) is 11.6. The van der Waals surface area contributed by atoms with Gasteiger partial charge in [-0.2, -0.15) is 4.31 Å². The number of ether oxygens (including phenoxy) is 1. The third-order valence-electron chi connectivity index (χ3n) is 5.77. The number of nitrogens with zero attached hydrogens (tertiary/aromatic N) is 4.